The quantitative estimate of drug-likeness (QED) is 0.0289. The lowest BCUT2D eigenvalue weighted by molar-refractivity contribution is -0.192. The molecule has 0 spiro atoms. The average Bonchev–Trinajstić information content (AvgIpc) is 1.70. The molecule has 0 aromatic carbocycles. The first-order valence-corrected chi connectivity index (χ1v) is 30.9. The molecule has 0 radical (unpaired) electrons. The number of alkyl halides is 3. The Hall–Kier alpha value is -7.79. The first-order valence-electron chi connectivity index (χ1n) is 30.9. The Kier molecular flexibility index (Phi) is 35.5. The van der Waals surface area contributed by atoms with Crippen molar-refractivity contribution >= 4 is 82.8 Å². The summed E-state index contributed by atoms with van der Waals surface area (Å²) in [6.07, 6.45) is -6.09. The minimum absolute atomic E-state index is 0.0103. The molecule has 2 saturated heterocycles. The number of hydrogen-bond donors (Lipinski definition) is 16. The minimum Gasteiger partial charge on any atom is -0.480 e. The van der Waals surface area contributed by atoms with Gasteiger partial charge in [0.1, 0.15) is 60.4 Å². The van der Waals surface area contributed by atoms with Crippen LogP contribution in [0.4, 0.5) is 13.2 Å². The summed E-state index contributed by atoms with van der Waals surface area (Å²) in [6.45, 7) is 16.5. The van der Waals surface area contributed by atoms with Crippen LogP contribution in [0.5, 0.6) is 0 Å². The Morgan fingerprint density at radius 2 is 0.914 bits per heavy atom. The minimum atomic E-state index is -5.08. The van der Waals surface area contributed by atoms with Crippen LogP contribution in [-0.4, -0.2) is 230 Å². The van der Waals surface area contributed by atoms with Crippen LogP contribution in [0.15, 0.2) is 0 Å². The van der Waals surface area contributed by atoms with E-state index in [2.05, 4.69) is 47.9 Å². The number of halogens is 3. The van der Waals surface area contributed by atoms with Crippen molar-refractivity contribution in [1.82, 2.24) is 57.7 Å². The topological polar surface area (TPSA) is 507 Å². The number of aliphatic carboxylic acids is 2. The van der Waals surface area contributed by atoms with Crippen LogP contribution in [0.25, 0.3) is 0 Å². The number of primary amides is 1. The summed E-state index contributed by atoms with van der Waals surface area (Å²) < 4.78 is 31.7. The summed E-state index contributed by atoms with van der Waals surface area (Å²) in [5.74, 6) is -15.3. The van der Waals surface area contributed by atoms with Crippen LogP contribution in [0.1, 0.15) is 140 Å². The second kappa shape index (κ2) is 39.7. The van der Waals surface area contributed by atoms with Crippen LogP contribution in [0, 0.1) is 29.6 Å². The van der Waals surface area contributed by atoms with Gasteiger partial charge in [0.05, 0.1) is 31.9 Å². The number of nitrogens with two attached hydrogens (primary N) is 2. The SMILES string of the molecule is CC(C)C[C@H](NC(=O)[C@H](CC(C)C)NC(=O)[C@H](CCC(N)=O)NC(=O)CNC(=O)[C@H](CC(C)C)NC(=O)[C@@H](NC(=O)[C@H](CC(C)C)NC(=O)[C@@H]1CCCN1C(=O)[C@@H]1CCCN1C(=O)[C@H](CO)NC(=O)[C@@H](N)C(C)C)[C@@H](C)O)C(=O)N[C@@H](CO)C(=O)O.O=C(O)C(F)(F)F. The van der Waals surface area contributed by atoms with Gasteiger partial charge in [-0.25, -0.2) is 9.59 Å². The number of aliphatic hydroxyl groups excluding tert-OH is 3. The van der Waals surface area contributed by atoms with Gasteiger partial charge in [-0.3, -0.25) is 57.5 Å². The third-order valence-electron chi connectivity index (χ3n) is 14.7. The van der Waals surface area contributed by atoms with Crippen molar-refractivity contribution in [2.75, 3.05) is 32.8 Å². The molecule has 2 heterocycles. The molecule has 35 heteroatoms. The number of likely N-dealkylation sites (tertiary alicyclic amines) is 2. The molecular weight excluding hydrogens is 1240 g/mol. The summed E-state index contributed by atoms with van der Waals surface area (Å²) >= 11 is 0. The largest absolute Gasteiger partial charge is 0.490 e. The molecule has 0 aliphatic carbocycles. The maximum absolute atomic E-state index is 14.2. The fraction of sp³-hybridized carbons (Fsp3) is 0.759. The molecule has 0 aromatic heterocycles. The van der Waals surface area contributed by atoms with E-state index in [9.17, 15) is 95.9 Å². The van der Waals surface area contributed by atoms with Crippen LogP contribution >= 0.6 is 0 Å². The van der Waals surface area contributed by atoms with Crippen LogP contribution < -0.4 is 59.3 Å². The fourth-order valence-electron chi connectivity index (χ4n) is 9.83. The molecule has 18 N–H and O–H groups in total. The van der Waals surface area contributed by atoms with E-state index >= 15 is 0 Å². The second-order valence-electron chi connectivity index (χ2n) is 25.1. The highest BCUT2D eigenvalue weighted by molar-refractivity contribution is 5.99. The van der Waals surface area contributed by atoms with Gasteiger partial charge in [-0.1, -0.05) is 69.2 Å². The Morgan fingerprint density at radius 3 is 1.33 bits per heavy atom. The van der Waals surface area contributed by atoms with Crippen LogP contribution in [0.2, 0.25) is 0 Å². The van der Waals surface area contributed by atoms with E-state index in [1.807, 2.05) is 0 Å². The number of carbonyl (C=O) groups excluding carboxylic acids is 12. The number of hydrogen-bond acceptors (Lipinski definition) is 18. The third-order valence-corrected chi connectivity index (χ3v) is 14.7. The summed E-state index contributed by atoms with van der Waals surface area (Å²) in [6, 6.07) is -14.6. The van der Waals surface area contributed by atoms with Crippen molar-refractivity contribution in [2.24, 2.45) is 41.1 Å². The third kappa shape index (κ3) is 29.0. The highest BCUT2D eigenvalue weighted by Crippen LogP contribution is 2.26. The number of nitrogens with one attached hydrogen (secondary N) is 9. The van der Waals surface area contributed by atoms with Gasteiger partial charge < -0.3 is 94.7 Å². The standard InChI is InChI=1S/C56H97N13O17.C2HF3O2/c1-27(2)20-34(46(75)59-24-43(74)60-33(16-17-42(57)73)47(76)61-35(21-28(3)4)48(77)62-36(22-29(5)6)49(78)66-39(26-71)56(85)86)64-53(82)45(32(11)72)67-50(79)37(23-30(7)8)63-51(80)40-14-12-18-68(40)55(84)41-15-13-19-69(41)54(83)38(25-70)65-52(81)44(58)31(9)10;3-2(4,5)1(6)7/h27-41,44-45,70-72H,12-26,58H2,1-11H3,(H2,57,73)(H,59,75)(H,60,74)(H,61,76)(H,62,77)(H,63,80)(H,64,82)(H,65,81)(H,66,78)(H,67,79)(H,85,86);(H,6,7)/t32-,33+,34+,35+,36+,37+,38+,39+,40+,41+,44+,45+;/m1./s1. The van der Waals surface area contributed by atoms with Gasteiger partial charge in [0.25, 0.3) is 0 Å². The Balaban J connectivity index is 0.00000581. The number of carboxylic acids is 2. The monoisotopic (exact) mass is 1340 g/mol. The van der Waals surface area contributed by atoms with E-state index in [4.69, 9.17) is 21.4 Å². The van der Waals surface area contributed by atoms with Gasteiger partial charge in [0.15, 0.2) is 0 Å². The normalized spacial score (nSPS) is 18.0. The molecule has 93 heavy (non-hydrogen) atoms. The fourth-order valence-corrected chi connectivity index (χ4v) is 9.83. The predicted molar refractivity (Wildman–Crippen MR) is 324 cm³/mol. The number of carbonyl (C=O) groups is 14. The molecule has 530 valence electrons. The number of amides is 12. The molecular formula is C58H98F3N13O19. The molecule has 2 rings (SSSR count). The zero-order chi connectivity index (χ0) is 71.5. The highest BCUT2D eigenvalue weighted by Gasteiger charge is 2.45. The second-order valence-corrected chi connectivity index (χ2v) is 25.1. The van der Waals surface area contributed by atoms with Crippen LogP contribution in [-0.2, 0) is 67.1 Å². The summed E-state index contributed by atoms with van der Waals surface area (Å²) in [5, 5.41) is 69.2. The molecule has 0 unspecified atom stereocenters. The van der Waals surface area contributed by atoms with E-state index < -0.39 is 188 Å². The Labute approximate surface area is 537 Å². The predicted octanol–water partition coefficient (Wildman–Crippen LogP) is -3.52. The number of aliphatic hydroxyl groups is 3. The van der Waals surface area contributed by atoms with Gasteiger partial charge in [-0.2, -0.15) is 13.2 Å². The maximum atomic E-state index is 14.2. The number of carboxylic acid groups (broad SMARTS) is 2. The lowest BCUT2D eigenvalue weighted by atomic mass is 9.99. The lowest BCUT2D eigenvalue weighted by Crippen LogP contribution is -2.61. The Morgan fingerprint density at radius 1 is 0.516 bits per heavy atom. The van der Waals surface area contributed by atoms with Crippen molar-refractivity contribution in [1.29, 1.82) is 0 Å². The molecule has 12 atom stereocenters. The molecule has 2 fully saturated rings. The zero-order valence-corrected chi connectivity index (χ0v) is 54.6. The summed E-state index contributed by atoms with van der Waals surface area (Å²) in [7, 11) is 0. The molecule has 0 aromatic rings. The van der Waals surface area contributed by atoms with E-state index in [-0.39, 0.29) is 87.6 Å². The van der Waals surface area contributed by atoms with Crippen molar-refractivity contribution in [3.05, 3.63) is 0 Å². The summed E-state index contributed by atoms with van der Waals surface area (Å²) in [5.41, 5.74) is 11.3. The first-order chi connectivity index (χ1) is 43.1. The molecule has 0 bridgehead atoms. The summed E-state index contributed by atoms with van der Waals surface area (Å²) in [4.78, 5) is 186. The van der Waals surface area contributed by atoms with E-state index in [1.54, 1.807) is 69.2 Å². The van der Waals surface area contributed by atoms with E-state index in [0.29, 0.717) is 12.8 Å². The van der Waals surface area contributed by atoms with Gasteiger partial charge in [-0.05, 0) is 94.3 Å². The lowest BCUT2D eigenvalue weighted by Gasteiger charge is -2.33. The van der Waals surface area contributed by atoms with Crippen molar-refractivity contribution < 1.29 is 106 Å². The van der Waals surface area contributed by atoms with E-state index in [1.165, 1.54) is 16.7 Å². The van der Waals surface area contributed by atoms with Crippen molar-refractivity contribution in [2.45, 2.75) is 219 Å². The number of rotatable bonds is 36. The Bertz CT molecular complexity index is 2590. The number of nitrogens with zero attached hydrogens (tertiary/aromatic N) is 2. The maximum Gasteiger partial charge on any atom is 0.490 e. The average molecular weight is 1340 g/mol. The zero-order valence-electron chi connectivity index (χ0n) is 54.6. The smallest absolute Gasteiger partial charge is 0.480 e. The van der Waals surface area contributed by atoms with E-state index in [0.717, 1.165) is 0 Å². The van der Waals surface area contributed by atoms with Crippen molar-refractivity contribution in [3.63, 3.8) is 0 Å². The van der Waals surface area contributed by atoms with Gasteiger partial charge in [0.2, 0.25) is 70.9 Å². The molecule has 2 aliphatic heterocycles. The van der Waals surface area contributed by atoms with Gasteiger partial charge in [0, 0.05) is 19.5 Å². The first kappa shape index (κ1) is 83.2. The molecule has 0 saturated carbocycles. The molecule has 32 nitrogen and oxygen atoms in total. The molecule has 12 amide bonds. The van der Waals surface area contributed by atoms with Crippen LogP contribution in [0.3, 0.4) is 0 Å². The van der Waals surface area contributed by atoms with Crippen molar-refractivity contribution in [3.8, 4) is 0 Å². The van der Waals surface area contributed by atoms with Gasteiger partial charge in [-0.15, -0.1) is 0 Å². The van der Waals surface area contributed by atoms with Gasteiger partial charge >= 0.3 is 18.1 Å². The molecule has 2 aliphatic rings. The highest BCUT2D eigenvalue weighted by atomic mass is 19.4.